The largest absolute Gasteiger partial charge is 0.497 e. The molecular weight excluding hydrogens is 380 g/mol. The number of carbonyl (C=O) groups is 3. The summed E-state index contributed by atoms with van der Waals surface area (Å²) in [5.41, 5.74) is 1.14. The van der Waals surface area contributed by atoms with Crippen molar-refractivity contribution in [1.29, 1.82) is 0 Å². The number of hydrogen-bond donors (Lipinski definition) is 2. The molecule has 2 aromatic rings. The van der Waals surface area contributed by atoms with Gasteiger partial charge in [-0.3, -0.25) is 10.1 Å². The van der Waals surface area contributed by atoms with Crippen LogP contribution in [0.15, 0.2) is 42.5 Å². The lowest BCUT2D eigenvalue weighted by atomic mass is 10.2. The van der Waals surface area contributed by atoms with E-state index in [-0.39, 0.29) is 12.2 Å². The molecule has 0 aromatic heterocycles. The van der Waals surface area contributed by atoms with Crippen LogP contribution >= 0.6 is 0 Å². The van der Waals surface area contributed by atoms with E-state index in [9.17, 15) is 14.4 Å². The van der Waals surface area contributed by atoms with Gasteiger partial charge in [-0.15, -0.1) is 0 Å². The van der Waals surface area contributed by atoms with Gasteiger partial charge in [-0.25, -0.2) is 9.59 Å². The summed E-state index contributed by atoms with van der Waals surface area (Å²) in [7, 11) is 2.99. The molecule has 0 radical (unpaired) electrons. The second-order valence-corrected chi connectivity index (χ2v) is 5.65. The lowest BCUT2D eigenvalue weighted by Gasteiger charge is -2.10. The van der Waals surface area contributed by atoms with Gasteiger partial charge in [-0.05, 0) is 31.2 Å². The molecule has 2 N–H and O–H groups in total. The smallest absolute Gasteiger partial charge is 0.411 e. The molecule has 0 aliphatic carbocycles. The van der Waals surface area contributed by atoms with Gasteiger partial charge in [0, 0.05) is 29.6 Å². The molecule has 9 heteroatoms. The average Bonchev–Trinajstić information content (AvgIpc) is 2.72. The molecule has 0 unspecified atom stereocenters. The van der Waals surface area contributed by atoms with E-state index in [1.807, 2.05) is 0 Å². The van der Waals surface area contributed by atoms with Crippen LogP contribution in [0.5, 0.6) is 11.5 Å². The zero-order chi connectivity index (χ0) is 21.2. The van der Waals surface area contributed by atoms with Crippen LogP contribution in [0.4, 0.5) is 16.2 Å². The highest BCUT2D eigenvalue weighted by molar-refractivity contribution is 5.96. The summed E-state index contributed by atoms with van der Waals surface area (Å²) in [5, 5.41) is 5.11. The second kappa shape index (κ2) is 10.5. The van der Waals surface area contributed by atoms with Crippen LogP contribution in [0.1, 0.15) is 17.3 Å². The Morgan fingerprint density at radius 3 is 2.00 bits per heavy atom. The van der Waals surface area contributed by atoms with Crippen molar-refractivity contribution in [1.82, 2.24) is 0 Å². The highest BCUT2D eigenvalue weighted by Crippen LogP contribution is 2.25. The minimum atomic E-state index is -0.675. The van der Waals surface area contributed by atoms with Gasteiger partial charge in [0.2, 0.25) is 0 Å². The van der Waals surface area contributed by atoms with Crippen LogP contribution in [0.2, 0.25) is 0 Å². The van der Waals surface area contributed by atoms with E-state index >= 15 is 0 Å². The molecule has 0 aliphatic heterocycles. The number of rotatable bonds is 8. The second-order valence-electron chi connectivity index (χ2n) is 5.65. The highest BCUT2D eigenvalue weighted by atomic mass is 16.5. The van der Waals surface area contributed by atoms with Crippen molar-refractivity contribution in [2.45, 2.75) is 6.92 Å². The van der Waals surface area contributed by atoms with E-state index in [0.717, 1.165) is 0 Å². The van der Waals surface area contributed by atoms with Gasteiger partial charge >= 0.3 is 12.1 Å². The minimum absolute atomic E-state index is 0.232. The van der Waals surface area contributed by atoms with E-state index in [4.69, 9.17) is 18.9 Å². The third-order valence-electron chi connectivity index (χ3n) is 3.61. The van der Waals surface area contributed by atoms with E-state index in [1.165, 1.54) is 38.5 Å². The predicted octanol–water partition coefficient (Wildman–Crippen LogP) is 3.07. The fourth-order valence-corrected chi connectivity index (χ4v) is 2.27. The van der Waals surface area contributed by atoms with Crippen molar-refractivity contribution in [3.8, 4) is 11.5 Å². The molecule has 0 aliphatic rings. The molecule has 29 heavy (non-hydrogen) atoms. The first-order chi connectivity index (χ1) is 13.9. The lowest BCUT2D eigenvalue weighted by Crippen LogP contribution is -2.21. The van der Waals surface area contributed by atoms with E-state index < -0.39 is 24.6 Å². The lowest BCUT2D eigenvalue weighted by molar-refractivity contribution is -0.119. The molecule has 0 bridgehead atoms. The van der Waals surface area contributed by atoms with Crippen LogP contribution in [0.25, 0.3) is 0 Å². The number of esters is 1. The Morgan fingerprint density at radius 1 is 0.828 bits per heavy atom. The summed E-state index contributed by atoms with van der Waals surface area (Å²) in [6.45, 7) is 1.47. The fourth-order valence-electron chi connectivity index (χ4n) is 2.27. The molecule has 0 heterocycles. The maximum absolute atomic E-state index is 12.1. The van der Waals surface area contributed by atoms with Crippen LogP contribution in [-0.4, -0.2) is 45.4 Å². The topological polar surface area (TPSA) is 112 Å². The Kier molecular flexibility index (Phi) is 7.84. The molecule has 0 saturated heterocycles. The normalized spacial score (nSPS) is 9.90. The fraction of sp³-hybridized carbons (Fsp3) is 0.250. The molecule has 2 rings (SSSR count). The summed E-state index contributed by atoms with van der Waals surface area (Å²) in [6.07, 6.45) is -0.589. The molecule has 2 amide bonds. The van der Waals surface area contributed by atoms with Gasteiger partial charge < -0.3 is 24.3 Å². The van der Waals surface area contributed by atoms with Crippen LogP contribution < -0.4 is 20.1 Å². The van der Waals surface area contributed by atoms with Gasteiger partial charge in [0.25, 0.3) is 5.91 Å². The Morgan fingerprint density at radius 2 is 1.45 bits per heavy atom. The monoisotopic (exact) mass is 402 g/mol. The maximum Gasteiger partial charge on any atom is 0.411 e. The van der Waals surface area contributed by atoms with Crippen LogP contribution in [0.3, 0.4) is 0 Å². The molecule has 9 nitrogen and oxygen atoms in total. The SMILES string of the molecule is CCOC(=O)Nc1ccc(C(=O)OCC(=O)Nc2cc(OC)cc(OC)c2)cc1. The van der Waals surface area contributed by atoms with Gasteiger partial charge in [0.15, 0.2) is 6.61 Å². The highest BCUT2D eigenvalue weighted by Gasteiger charge is 2.12. The molecule has 154 valence electrons. The first-order valence-corrected chi connectivity index (χ1v) is 8.69. The van der Waals surface area contributed by atoms with E-state index in [1.54, 1.807) is 25.1 Å². The van der Waals surface area contributed by atoms with Gasteiger partial charge in [-0.2, -0.15) is 0 Å². The first kappa shape index (κ1) is 21.5. The molecular formula is C20H22N2O7. The van der Waals surface area contributed by atoms with Crippen molar-refractivity contribution in [3.05, 3.63) is 48.0 Å². The number of amides is 2. The zero-order valence-electron chi connectivity index (χ0n) is 16.3. The number of ether oxygens (including phenoxy) is 4. The quantitative estimate of drug-likeness (QED) is 0.653. The number of anilines is 2. The zero-order valence-corrected chi connectivity index (χ0v) is 16.3. The number of benzene rings is 2. The average molecular weight is 402 g/mol. The predicted molar refractivity (Wildman–Crippen MR) is 106 cm³/mol. The summed E-state index contributed by atoms with van der Waals surface area (Å²) in [6, 6.07) is 10.9. The number of methoxy groups -OCH3 is 2. The van der Waals surface area contributed by atoms with Crippen LogP contribution in [-0.2, 0) is 14.3 Å². The Hall–Kier alpha value is -3.75. The summed E-state index contributed by atoms with van der Waals surface area (Å²) >= 11 is 0. The van der Waals surface area contributed by atoms with Crippen molar-refractivity contribution >= 4 is 29.3 Å². The summed E-state index contributed by atoms with van der Waals surface area (Å²) < 4.78 is 20.0. The number of hydrogen-bond acceptors (Lipinski definition) is 7. The minimum Gasteiger partial charge on any atom is -0.497 e. The van der Waals surface area contributed by atoms with Crippen molar-refractivity contribution < 1.29 is 33.3 Å². The molecule has 2 aromatic carbocycles. The van der Waals surface area contributed by atoms with Gasteiger partial charge in [-0.1, -0.05) is 0 Å². The van der Waals surface area contributed by atoms with Crippen molar-refractivity contribution in [3.63, 3.8) is 0 Å². The standard InChI is InChI=1S/C20H22N2O7/c1-4-28-20(25)22-14-7-5-13(6-8-14)19(24)29-12-18(23)21-15-9-16(26-2)11-17(10-15)27-3/h5-11H,4,12H2,1-3H3,(H,21,23)(H,22,25). The van der Waals surface area contributed by atoms with Crippen molar-refractivity contribution in [2.75, 3.05) is 38.1 Å². The third-order valence-corrected chi connectivity index (χ3v) is 3.61. The number of nitrogens with one attached hydrogen (secondary N) is 2. The molecule has 0 spiro atoms. The van der Waals surface area contributed by atoms with E-state index in [0.29, 0.717) is 22.9 Å². The van der Waals surface area contributed by atoms with Crippen molar-refractivity contribution in [2.24, 2.45) is 0 Å². The Labute approximate surface area is 167 Å². The van der Waals surface area contributed by atoms with E-state index in [2.05, 4.69) is 10.6 Å². The number of carbonyl (C=O) groups excluding carboxylic acids is 3. The maximum atomic E-state index is 12.1. The van der Waals surface area contributed by atoms with Crippen LogP contribution in [0, 0.1) is 0 Å². The Bertz CT molecular complexity index is 843. The van der Waals surface area contributed by atoms with Gasteiger partial charge in [0.05, 0.1) is 26.4 Å². The molecule has 0 atom stereocenters. The molecule has 0 fully saturated rings. The first-order valence-electron chi connectivity index (χ1n) is 8.69. The molecule has 0 saturated carbocycles. The third kappa shape index (κ3) is 6.73. The summed E-state index contributed by atoms with van der Waals surface area (Å²) in [4.78, 5) is 35.5. The summed E-state index contributed by atoms with van der Waals surface area (Å²) in [5.74, 6) is -0.179. The Balaban J connectivity index is 1.88. The van der Waals surface area contributed by atoms with Gasteiger partial charge in [0.1, 0.15) is 11.5 Å².